The lowest BCUT2D eigenvalue weighted by Crippen LogP contribution is -2.46. The number of carboxylic acid groups (broad SMARTS) is 1. The van der Waals surface area contributed by atoms with Gasteiger partial charge in [0.25, 0.3) is 0 Å². The van der Waals surface area contributed by atoms with E-state index in [1.807, 2.05) is 0 Å². The van der Waals surface area contributed by atoms with Crippen LogP contribution in [0.1, 0.15) is 34.3 Å². The topological polar surface area (TPSA) is 93.1 Å². The zero-order valence-corrected chi connectivity index (χ0v) is 14.8. The Morgan fingerprint density at radius 2 is 1.88 bits per heavy atom. The van der Waals surface area contributed by atoms with Crippen molar-refractivity contribution in [3.63, 3.8) is 0 Å². The normalized spacial score (nSPS) is 21.2. The van der Waals surface area contributed by atoms with Crippen LogP contribution >= 0.6 is 0 Å². The fourth-order valence-electron chi connectivity index (χ4n) is 3.11. The number of aryl methyl sites for hydroxylation is 1. The lowest BCUT2D eigenvalue weighted by Gasteiger charge is -2.36. The quantitative estimate of drug-likeness (QED) is 0.873. The van der Waals surface area contributed by atoms with Gasteiger partial charge in [-0.25, -0.2) is 13.2 Å². The Bertz CT molecular complexity index is 785. The summed E-state index contributed by atoms with van der Waals surface area (Å²) in [6.45, 7) is 3.56. The summed E-state index contributed by atoms with van der Waals surface area (Å²) < 4.78 is 37.7. The lowest BCUT2D eigenvalue weighted by molar-refractivity contribution is -0.179. The maximum absolute atomic E-state index is 12.5. The molecule has 0 amide bonds. The molecule has 1 aromatic rings. The largest absolute Gasteiger partial charge is 0.478 e. The smallest absolute Gasteiger partial charge is 0.335 e. The molecule has 1 aromatic carbocycles. The van der Waals surface area contributed by atoms with Gasteiger partial charge >= 0.3 is 5.97 Å². The number of nitrogens with zero attached hydrogens (tertiary/aromatic N) is 1. The summed E-state index contributed by atoms with van der Waals surface area (Å²) in [4.78, 5) is 11.0. The van der Waals surface area contributed by atoms with E-state index in [1.54, 1.807) is 13.0 Å². The van der Waals surface area contributed by atoms with Crippen molar-refractivity contribution in [2.45, 2.75) is 25.6 Å². The van der Waals surface area contributed by atoms with Crippen molar-refractivity contribution in [2.75, 3.05) is 26.3 Å². The minimum absolute atomic E-state index is 0.176. The average molecular weight is 367 g/mol. The van der Waals surface area contributed by atoms with Crippen LogP contribution in [0.15, 0.2) is 23.6 Å². The van der Waals surface area contributed by atoms with Gasteiger partial charge in [-0.15, -0.1) is 0 Å². The highest BCUT2D eigenvalue weighted by Crippen LogP contribution is 2.32. The molecule has 2 heterocycles. The molecule has 0 bridgehead atoms. The molecule has 1 N–H and O–H groups in total. The first kappa shape index (κ1) is 18.1. The Labute approximate surface area is 146 Å². The first-order chi connectivity index (χ1) is 11.8. The molecule has 7 nitrogen and oxygen atoms in total. The summed E-state index contributed by atoms with van der Waals surface area (Å²) in [5.41, 5.74) is 1.55. The van der Waals surface area contributed by atoms with Crippen LogP contribution in [0.5, 0.6) is 0 Å². The highest BCUT2D eigenvalue weighted by molar-refractivity contribution is 7.92. The fraction of sp³-hybridized carbons (Fsp3) is 0.471. The van der Waals surface area contributed by atoms with Gasteiger partial charge in [0, 0.05) is 31.3 Å². The molecule has 0 aliphatic carbocycles. The number of carboxylic acids is 1. The van der Waals surface area contributed by atoms with Crippen LogP contribution in [0.3, 0.4) is 0 Å². The number of sulfonamides is 1. The number of benzene rings is 1. The van der Waals surface area contributed by atoms with Gasteiger partial charge in [-0.1, -0.05) is 6.07 Å². The molecule has 3 rings (SSSR count). The van der Waals surface area contributed by atoms with Crippen LogP contribution in [0.25, 0.3) is 6.08 Å². The summed E-state index contributed by atoms with van der Waals surface area (Å²) in [6, 6.07) is 4.59. The second kappa shape index (κ2) is 6.87. The highest BCUT2D eigenvalue weighted by Gasteiger charge is 2.41. The third-order valence-corrected chi connectivity index (χ3v) is 6.16. The van der Waals surface area contributed by atoms with Crippen molar-refractivity contribution in [1.29, 1.82) is 0 Å². The van der Waals surface area contributed by atoms with Gasteiger partial charge in [-0.3, -0.25) is 0 Å². The monoisotopic (exact) mass is 367 g/mol. The van der Waals surface area contributed by atoms with Crippen molar-refractivity contribution in [1.82, 2.24) is 4.31 Å². The van der Waals surface area contributed by atoms with Gasteiger partial charge in [-0.05, 0) is 36.3 Å². The second-order valence-electron chi connectivity index (χ2n) is 6.23. The van der Waals surface area contributed by atoms with Gasteiger partial charge in [0.2, 0.25) is 10.0 Å². The number of ether oxygens (including phenoxy) is 2. The molecule has 2 saturated heterocycles. The molecule has 2 aliphatic rings. The zero-order valence-electron chi connectivity index (χ0n) is 14.0. The predicted molar refractivity (Wildman–Crippen MR) is 91.5 cm³/mol. The molecule has 0 saturated carbocycles. The Hall–Kier alpha value is -1.74. The Kier molecular flexibility index (Phi) is 4.97. The predicted octanol–water partition coefficient (Wildman–Crippen LogP) is 1.83. The highest BCUT2D eigenvalue weighted by atomic mass is 32.2. The minimum Gasteiger partial charge on any atom is -0.478 e. The fourth-order valence-corrected chi connectivity index (χ4v) is 4.29. The molecule has 25 heavy (non-hydrogen) atoms. The molecule has 0 unspecified atom stereocenters. The first-order valence-corrected chi connectivity index (χ1v) is 9.62. The van der Waals surface area contributed by atoms with E-state index in [-0.39, 0.29) is 5.56 Å². The number of piperidine rings is 1. The summed E-state index contributed by atoms with van der Waals surface area (Å²) in [7, 11) is -3.55. The van der Waals surface area contributed by atoms with Crippen LogP contribution in [-0.2, 0) is 19.5 Å². The van der Waals surface area contributed by atoms with Crippen LogP contribution in [-0.4, -0.2) is 55.9 Å². The molecular formula is C17H21NO6S. The van der Waals surface area contributed by atoms with Crippen LogP contribution < -0.4 is 0 Å². The van der Waals surface area contributed by atoms with Crippen LogP contribution in [0.2, 0.25) is 0 Å². The molecule has 0 aromatic heterocycles. The van der Waals surface area contributed by atoms with Crippen LogP contribution in [0, 0.1) is 6.92 Å². The molecule has 0 atom stereocenters. The third kappa shape index (κ3) is 3.92. The van der Waals surface area contributed by atoms with E-state index in [0.29, 0.717) is 50.3 Å². The molecule has 2 fully saturated rings. The number of aromatic carboxylic acids is 1. The molecular weight excluding hydrogens is 346 g/mol. The number of rotatable bonds is 4. The summed E-state index contributed by atoms with van der Waals surface area (Å²) >= 11 is 0. The van der Waals surface area contributed by atoms with Gasteiger partial charge in [0.15, 0.2) is 5.79 Å². The number of hydrogen-bond donors (Lipinski definition) is 1. The van der Waals surface area contributed by atoms with E-state index in [0.717, 1.165) is 0 Å². The Morgan fingerprint density at radius 3 is 2.44 bits per heavy atom. The molecule has 136 valence electrons. The van der Waals surface area contributed by atoms with E-state index in [2.05, 4.69) is 0 Å². The van der Waals surface area contributed by atoms with E-state index in [1.165, 1.54) is 27.9 Å². The molecule has 2 aliphatic heterocycles. The SMILES string of the molecule is Cc1cc(C(=O)O)ccc1C=CS(=O)(=O)N1CCC2(CC1)OCCO2. The Balaban J connectivity index is 1.69. The van der Waals surface area contributed by atoms with Crippen molar-refractivity contribution in [2.24, 2.45) is 0 Å². The second-order valence-corrected chi connectivity index (χ2v) is 8.05. The Morgan fingerprint density at radius 1 is 1.24 bits per heavy atom. The maximum Gasteiger partial charge on any atom is 0.335 e. The minimum atomic E-state index is -3.55. The summed E-state index contributed by atoms with van der Waals surface area (Å²) in [6.07, 6.45) is 2.54. The molecule has 1 spiro atoms. The number of carbonyl (C=O) groups is 1. The van der Waals surface area contributed by atoms with Crippen molar-refractivity contribution in [3.8, 4) is 0 Å². The van der Waals surface area contributed by atoms with Crippen molar-refractivity contribution >= 4 is 22.1 Å². The standard InChI is InChI=1S/C17H21NO6S/c1-13-12-15(16(19)20)3-2-14(13)4-11-25(21,22)18-7-5-17(6-8-18)23-9-10-24-17/h2-4,11-12H,5-10H2,1H3,(H,19,20). The van der Waals surface area contributed by atoms with Crippen molar-refractivity contribution in [3.05, 3.63) is 40.3 Å². The van der Waals surface area contributed by atoms with Crippen molar-refractivity contribution < 1.29 is 27.8 Å². The van der Waals surface area contributed by atoms with Gasteiger partial charge in [-0.2, -0.15) is 4.31 Å². The summed E-state index contributed by atoms with van der Waals surface area (Å²) in [5, 5.41) is 10.1. The third-order valence-electron chi connectivity index (χ3n) is 4.59. The zero-order chi connectivity index (χ0) is 18.1. The van der Waals surface area contributed by atoms with E-state index < -0.39 is 21.8 Å². The summed E-state index contributed by atoms with van der Waals surface area (Å²) in [5.74, 6) is -1.62. The molecule has 8 heteroatoms. The van der Waals surface area contributed by atoms with Crippen LogP contribution in [0.4, 0.5) is 0 Å². The average Bonchev–Trinajstić information content (AvgIpc) is 3.02. The number of hydrogen-bond acceptors (Lipinski definition) is 5. The van der Waals surface area contributed by atoms with Gasteiger partial charge in [0.1, 0.15) is 0 Å². The molecule has 0 radical (unpaired) electrons. The van der Waals surface area contributed by atoms with Gasteiger partial charge in [0.05, 0.1) is 18.8 Å². The van der Waals surface area contributed by atoms with E-state index in [4.69, 9.17) is 14.6 Å². The van der Waals surface area contributed by atoms with E-state index >= 15 is 0 Å². The van der Waals surface area contributed by atoms with E-state index in [9.17, 15) is 13.2 Å². The first-order valence-electron chi connectivity index (χ1n) is 8.11. The van der Waals surface area contributed by atoms with Gasteiger partial charge < -0.3 is 14.6 Å². The maximum atomic E-state index is 12.5. The lowest BCUT2D eigenvalue weighted by atomic mass is 10.1.